The lowest BCUT2D eigenvalue weighted by molar-refractivity contribution is -0.144. The van der Waals surface area contributed by atoms with E-state index >= 15 is 0 Å². The minimum atomic E-state index is -1.60. The van der Waals surface area contributed by atoms with Gasteiger partial charge in [0.15, 0.2) is 5.96 Å². The van der Waals surface area contributed by atoms with Gasteiger partial charge in [0, 0.05) is 19.4 Å². The largest absolute Gasteiger partial charge is 0.508 e. The predicted octanol–water partition coefficient (Wildman–Crippen LogP) is -0.897. The first-order chi connectivity index (χ1) is 36.1. The van der Waals surface area contributed by atoms with Gasteiger partial charge in [0.25, 0.3) is 0 Å². The van der Waals surface area contributed by atoms with Crippen LogP contribution in [-0.4, -0.2) is 137 Å². The zero-order valence-electron chi connectivity index (χ0n) is 43.7. The number of aliphatic imine (C=N–C) groups is 1. The van der Waals surface area contributed by atoms with Gasteiger partial charge in [-0.3, -0.25) is 38.6 Å². The predicted molar refractivity (Wildman–Crippen MR) is 285 cm³/mol. The van der Waals surface area contributed by atoms with Crippen molar-refractivity contribution < 1.29 is 53.7 Å². The first-order valence-electron chi connectivity index (χ1n) is 25.4. The van der Waals surface area contributed by atoms with E-state index in [0.717, 1.165) is 0 Å². The Balaban J connectivity index is 1.97. The molecule has 0 aromatic heterocycles. The van der Waals surface area contributed by atoms with Gasteiger partial charge >= 0.3 is 5.97 Å². The van der Waals surface area contributed by atoms with Crippen molar-refractivity contribution in [1.82, 2.24) is 37.2 Å². The Bertz CT molecular complexity index is 2370. The van der Waals surface area contributed by atoms with E-state index < -0.39 is 108 Å². The summed E-state index contributed by atoms with van der Waals surface area (Å²) in [5.74, 6) is -7.76. The maximum atomic E-state index is 14.6. The summed E-state index contributed by atoms with van der Waals surface area (Å²) >= 11 is 0. The normalized spacial score (nSPS) is 14.3. The monoisotopic (exact) mass is 1060 g/mol. The fraction of sp³-hybridized carbons (Fsp3) is 0.491. The summed E-state index contributed by atoms with van der Waals surface area (Å²) in [6.07, 6.45) is 0.974. The number of aliphatic hydroxyl groups is 1. The summed E-state index contributed by atoms with van der Waals surface area (Å²) in [7, 11) is 0. The molecule has 0 aliphatic rings. The number of carbonyl (C=O) groups is 8. The number of phenolic OH excluding ortho intramolecular Hbond substituents is 1. The van der Waals surface area contributed by atoms with E-state index in [2.05, 4.69) is 42.2 Å². The molecule has 7 amide bonds. The topological polar surface area (TPSA) is 398 Å². The second kappa shape index (κ2) is 32.6. The van der Waals surface area contributed by atoms with Crippen molar-refractivity contribution in [3.8, 4) is 5.75 Å². The third kappa shape index (κ3) is 22.5. The van der Waals surface area contributed by atoms with Crippen LogP contribution >= 0.6 is 0 Å². The fourth-order valence-corrected chi connectivity index (χ4v) is 7.94. The smallest absolute Gasteiger partial charge is 0.326 e. The summed E-state index contributed by atoms with van der Waals surface area (Å²) in [5, 5.41) is 47.8. The molecule has 0 fully saturated rings. The van der Waals surface area contributed by atoms with Crippen molar-refractivity contribution in [3.63, 3.8) is 0 Å². The summed E-state index contributed by atoms with van der Waals surface area (Å²) in [5.41, 5.74) is 25.1. The molecule has 0 bridgehead atoms. The van der Waals surface area contributed by atoms with E-state index in [1.54, 1.807) is 86.6 Å². The van der Waals surface area contributed by atoms with Gasteiger partial charge in [-0.1, -0.05) is 100 Å². The lowest BCUT2D eigenvalue weighted by atomic mass is 9.99. The lowest BCUT2D eigenvalue weighted by Gasteiger charge is -2.28. The third-order valence-corrected chi connectivity index (χ3v) is 12.1. The number of aliphatic carboxylic acids is 1. The second-order valence-electron chi connectivity index (χ2n) is 19.3. The Labute approximate surface area is 443 Å². The first-order valence-corrected chi connectivity index (χ1v) is 25.4. The number of hydrogen-bond acceptors (Lipinski definition) is 13. The number of nitrogens with zero attached hydrogens (tertiary/aromatic N) is 1. The Kier molecular flexibility index (Phi) is 26.9. The Morgan fingerprint density at radius 1 is 0.526 bits per heavy atom. The van der Waals surface area contributed by atoms with Gasteiger partial charge in [0.05, 0.1) is 12.6 Å². The average Bonchev–Trinajstić information content (AvgIpc) is 3.37. The summed E-state index contributed by atoms with van der Waals surface area (Å²) in [4.78, 5) is 114. The van der Waals surface area contributed by atoms with Crippen LogP contribution in [0.3, 0.4) is 0 Å². The number of aliphatic hydroxyl groups excluding tert-OH is 1. The van der Waals surface area contributed by atoms with Crippen molar-refractivity contribution >= 4 is 53.3 Å². The number of carbonyl (C=O) groups excluding carboxylic acids is 7. The number of rotatable bonds is 33. The number of nitrogens with two attached hydrogens (primary N) is 4. The lowest BCUT2D eigenvalue weighted by Crippen LogP contribution is -2.61. The second-order valence-corrected chi connectivity index (χ2v) is 19.3. The minimum Gasteiger partial charge on any atom is -0.508 e. The molecule has 3 aromatic rings. The van der Waals surface area contributed by atoms with E-state index in [4.69, 9.17) is 22.9 Å². The average molecular weight is 1060 g/mol. The van der Waals surface area contributed by atoms with Crippen molar-refractivity contribution in [2.75, 3.05) is 19.7 Å². The van der Waals surface area contributed by atoms with E-state index in [0.29, 0.717) is 29.5 Å². The van der Waals surface area contributed by atoms with Gasteiger partial charge in [-0.25, -0.2) is 4.79 Å². The van der Waals surface area contributed by atoms with Crippen LogP contribution < -0.4 is 60.2 Å². The molecular weight excluding hydrogens is 981 g/mol. The summed E-state index contributed by atoms with van der Waals surface area (Å²) in [6, 6.07) is 13.1. The molecule has 416 valence electrons. The standard InChI is InChI=1S/C53H78N12O11/c1-31(2)26-40(61-45(68)37(55)27-35-20-22-36(67)23-21-35)48(71)62-42(29-34-16-9-6-10-17-34)50(73)63-41(28-33-14-7-5-8-15-33)49(72)60-39(19-13-25-58-53(56)57)46(69)59-38(18-11-12-24-54)47(70)64-43(30-66)51(74)65-44(32(3)4)52(75)76/h5-10,14-17,20-23,31-32,37-44,66-67H,11-13,18-19,24-30,54-55H2,1-4H3,(H,59,69)(H,60,72)(H,61,68)(H,62,71)(H,63,73)(H,64,70)(H,65,74)(H,75,76)(H4,56,57,58)/t37-,38-,39-,40-,41-,42-,43-,44-/m0/s1. The molecule has 0 saturated carbocycles. The number of hydrogen-bond donors (Lipinski definition) is 14. The Morgan fingerprint density at radius 3 is 1.39 bits per heavy atom. The molecular formula is C53H78N12O11. The number of aromatic hydroxyl groups is 1. The van der Waals surface area contributed by atoms with E-state index in [9.17, 15) is 53.7 Å². The van der Waals surface area contributed by atoms with Gasteiger partial charge in [0.2, 0.25) is 41.4 Å². The van der Waals surface area contributed by atoms with Crippen LogP contribution in [0.1, 0.15) is 82.9 Å². The van der Waals surface area contributed by atoms with Crippen LogP contribution in [0.25, 0.3) is 0 Å². The van der Waals surface area contributed by atoms with Gasteiger partial charge in [-0.2, -0.15) is 0 Å². The molecule has 3 aromatic carbocycles. The minimum absolute atomic E-state index is 0.00246. The SMILES string of the molecule is CC(C)C[C@H](NC(=O)[C@@H](N)Cc1ccc(O)cc1)C(=O)N[C@@H](Cc1ccccc1)C(=O)N[C@@H](Cc1ccccc1)C(=O)N[C@@H](CCCN=C(N)N)C(=O)N[C@@H](CCCCN)C(=O)N[C@@H](CO)C(=O)N[C@H](C(=O)O)C(C)C. The van der Waals surface area contributed by atoms with Crippen molar-refractivity contribution in [2.24, 2.45) is 39.8 Å². The number of guanidine groups is 1. The van der Waals surface area contributed by atoms with E-state index in [-0.39, 0.29) is 75.7 Å². The van der Waals surface area contributed by atoms with Crippen molar-refractivity contribution in [3.05, 3.63) is 102 Å². The van der Waals surface area contributed by atoms with Crippen LogP contribution in [0.15, 0.2) is 89.9 Å². The molecule has 18 N–H and O–H groups in total. The van der Waals surface area contributed by atoms with Crippen LogP contribution in [0, 0.1) is 11.8 Å². The number of nitrogens with one attached hydrogen (secondary N) is 7. The molecule has 0 saturated heterocycles. The fourth-order valence-electron chi connectivity index (χ4n) is 7.94. The molecule has 3 rings (SSSR count). The van der Waals surface area contributed by atoms with Crippen LogP contribution in [0.4, 0.5) is 0 Å². The zero-order chi connectivity index (χ0) is 56.3. The van der Waals surface area contributed by atoms with Crippen LogP contribution in [0.2, 0.25) is 0 Å². The Hall–Kier alpha value is -7.63. The molecule has 0 heterocycles. The summed E-state index contributed by atoms with van der Waals surface area (Å²) in [6.45, 7) is 6.22. The number of benzene rings is 3. The highest BCUT2D eigenvalue weighted by atomic mass is 16.4. The van der Waals surface area contributed by atoms with E-state index in [1.807, 2.05) is 13.8 Å². The number of unbranched alkanes of at least 4 members (excludes halogenated alkanes) is 1. The third-order valence-electron chi connectivity index (χ3n) is 12.1. The molecule has 0 unspecified atom stereocenters. The molecule has 8 atom stereocenters. The van der Waals surface area contributed by atoms with E-state index in [1.165, 1.54) is 12.1 Å². The maximum absolute atomic E-state index is 14.6. The van der Waals surface area contributed by atoms with Crippen LogP contribution in [0.5, 0.6) is 5.75 Å². The number of amides is 7. The highest BCUT2D eigenvalue weighted by Gasteiger charge is 2.35. The molecule has 0 radical (unpaired) electrons. The van der Waals surface area contributed by atoms with Crippen molar-refractivity contribution in [1.29, 1.82) is 0 Å². The molecule has 76 heavy (non-hydrogen) atoms. The van der Waals surface area contributed by atoms with Gasteiger partial charge in [-0.15, -0.1) is 0 Å². The quantitative estimate of drug-likeness (QED) is 0.0200. The molecule has 0 aliphatic carbocycles. The highest BCUT2D eigenvalue weighted by Crippen LogP contribution is 2.14. The number of phenols is 1. The summed E-state index contributed by atoms with van der Waals surface area (Å²) < 4.78 is 0. The van der Waals surface area contributed by atoms with Crippen LogP contribution in [-0.2, 0) is 57.6 Å². The molecule has 23 heteroatoms. The highest BCUT2D eigenvalue weighted by molar-refractivity contribution is 5.98. The maximum Gasteiger partial charge on any atom is 0.326 e. The van der Waals surface area contributed by atoms with Gasteiger partial charge in [0.1, 0.15) is 48.0 Å². The van der Waals surface area contributed by atoms with Crippen molar-refractivity contribution in [2.45, 2.75) is 134 Å². The first kappa shape index (κ1) is 62.7. The molecule has 0 aliphatic heterocycles. The van der Waals surface area contributed by atoms with Gasteiger partial charge < -0.3 is 75.5 Å². The zero-order valence-corrected chi connectivity index (χ0v) is 43.7. The molecule has 23 nitrogen and oxygen atoms in total. The number of carboxylic acid groups (broad SMARTS) is 1. The number of carboxylic acids is 1. The Morgan fingerprint density at radius 2 is 0.947 bits per heavy atom. The van der Waals surface area contributed by atoms with Gasteiger partial charge in [-0.05, 0) is 92.1 Å². The molecule has 0 spiro atoms.